The maximum Gasteiger partial charge on any atom is 0.242 e. The van der Waals surface area contributed by atoms with Crippen molar-refractivity contribution in [3.05, 3.63) is 45.8 Å². The molecule has 1 aromatic heterocycles. The van der Waals surface area contributed by atoms with Crippen molar-refractivity contribution in [3.8, 4) is 0 Å². The summed E-state index contributed by atoms with van der Waals surface area (Å²) >= 11 is 12.0. The van der Waals surface area contributed by atoms with Crippen molar-refractivity contribution in [2.75, 3.05) is 18.0 Å². The highest BCUT2D eigenvalue weighted by Crippen LogP contribution is 2.28. The van der Waals surface area contributed by atoms with Gasteiger partial charge < -0.3 is 4.90 Å². The number of nitrogens with zero attached hydrogens (tertiary/aromatic N) is 3. The third-order valence-corrected chi connectivity index (χ3v) is 6.57. The van der Waals surface area contributed by atoms with Crippen molar-refractivity contribution in [1.29, 1.82) is 0 Å². The van der Waals surface area contributed by atoms with E-state index in [0.29, 0.717) is 16.4 Å². The highest BCUT2D eigenvalue weighted by Gasteiger charge is 2.20. The van der Waals surface area contributed by atoms with Gasteiger partial charge >= 0.3 is 0 Å². The zero-order chi connectivity index (χ0) is 18.7. The average Bonchev–Trinajstić information content (AvgIpc) is 2.64. The zero-order valence-electron chi connectivity index (χ0n) is 14.4. The second-order valence-electron chi connectivity index (χ2n) is 6.24. The first kappa shape index (κ1) is 19.4. The van der Waals surface area contributed by atoms with E-state index in [1.54, 1.807) is 13.1 Å². The average molecular weight is 415 g/mol. The van der Waals surface area contributed by atoms with Crippen molar-refractivity contribution in [2.24, 2.45) is 0 Å². The van der Waals surface area contributed by atoms with E-state index >= 15 is 0 Å². The van der Waals surface area contributed by atoms with Crippen molar-refractivity contribution >= 4 is 39.0 Å². The summed E-state index contributed by atoms with van der Waals surface area (Å²) in [4.78, 5) is 10.8. The van der Waals surface area contributed by atoms with Gasteiger partial charge in [-0.05, 0) is 49.9 Å². The van der Waals surface area contributed by atoms with Gasteiger partial charge in [-0.15, -0.1) is 0 Å². The fourth-order valence-electron chi connectivity index (χ4n) is 2.85. The molecule has 9 heteroatoms. The number of nitrogens with one attached hydrogen (secondary N) is 1. The Kier molecular flexibility index (Phi) is 6.02. The molecule has 0 spiro atoms. The van der Waals surface area contributed by atoms with E-state index in [1.807, 2.05) is 6.07 Å². The summed E-state index contributed by atoms with van der Waals surface area (Å²) in [6.45, 7) is 3.63. The van der Waals surface area contributed by atoms with E-state index in [0.717, 1.165) is 31.7 Å². The summed E-state index contributed by atoms with van der Waals surface area (Å²) in [6.07, 6.45) is 5.16. The molecule has 26 heavy (non-hydrogen) atoms. The van der Waals surface area contributed by atoms with Crippen LogP contribution in [0.5, 0.6) is 0 Å². The van der Waals surface area contributed by atoms with E-state index in [1.165, 1.54) is 18.6 Å². The number of sulfonamides is 1. The summed E-state index contributed by atoms with van der Waals surface area (Å²) in [7, 11) is -3.80. The highest BCUT2D eigenvalue weighted by molar-refractivity contribution is 7.89. The van der Waals surface area contributed by atoms with E-state index in [-0.39, 0.29) is 16.5 Å². The molecule has 1 aliphatic heterocycles. The van der Waals surface area contributed by atoms with Gasteiger partial charge in [0.1, 0.15) is 16.5 Å². The molecule has 1 fully saturated rings. The largest absolute Gasteiger partial charge is 0.357 e. The highest BCUT2D eigenvalue weighted by atomic mass is 35.5. The van der Waals surface area contributed by atoms with Crippen LogP contribution in [0, 0.1) is 6.92 Å². The van der Waals surface area contributed by atoms with Gasteiger partial charge in [0.25, 0.3) is 0 Å². The number of anilines is 1. The molecule has 1 aromatic carbocycles. The topological polar surface area (TPSA) is 75.2 Å². The summed E-state index contributed by atoms with van der Waals surface area (Å²) in [5.41, 5.74) is 0.639. The molecule has 1 saturated heterocycles. The monoisotopic (exact) mass is 414 g/mol. The summed E-state index contributed by atoms with van der Waals surface area (Å²) < 4.78 is 27.7. The zero-order valence-corrected chi connectivity index (χ0v) is 16.7. The first-order valence-electron chi connectivity index (χ1n) is 8.39. The van der Waals surface area contributed by atoms with Crippen LogP contribution >= 0.6 is 23.2 Å². The van der Waals surface area contributed by atoms with Crippen LogP contribution in [0.1, 0.15) is 30.7 Å². The Balaban J connectivity index is 1.75. The standard InChI is InChI=1S/C17H20Cl2N4O2S/c1-12-9-15(14(19)10-13(12)18)26(24,25)21-11-16-20-6-5-17(22-16)23-7-3-2-4-8-23/h5-6,9-10,21H,2-4,7-8,11H2,1H3. The Labute approximate surface area is 163 Å². The van der Waals surface area contributed by atoms with Gasteiger partial charge in [-0.1, -0.05) is 23.2 Å². The summed E-state index contributed by atoms with van der Waals surface area (Å²) in [6, 6.07) is 4.74. The van der Waals surface area contributed by atoms with E-state index in [9.17, 15) is 8.42 Å². The minimum atomic E-state index is -3.80. The molecule has 2 aromatic rings. The minimum Gasteiger partial charge on any atom is -0.357 e. The van der Waals surface area contributed by atoms with Gasteiger partial charge in [0, 0.05) is 24.3 Å². The van der Waals surface area contributed by atoms with Crippen molar-refractivity contribution < 1.29 is 8.42 Å². The summed E-state index contributed by atoms with van der Waals surface area (Å²) in [5.74, 6) is 1.24. The van der Waals surface area contributed by atoms with Gasteiger partial charge in [-0.25, -0.2) is 23.1 Å². The molecule has 0 saturated carbocycles. The predicted molar refractivity (Wildman–Crippen MR) is 103 cm³/mol. The fraction of sp³-hybridized carbons (Fsp3) is 0.412. The van der Waals surface area contributed by atoms with Crippen LogP contribution in [0.3, 0.4) is 0 Å². The number of benzene rings is 1. The molecule has 0 amide bonds. The number of aromatic nitrogens is 2. The lowest BCUT2D eigenvalue weighted by Gasteiger charge is -2.27. The molecule has 0 atom stereocenters. The van der Waals surface area contributed by atoms with Crippen LogP contribution < -0.4 is 9.62 Å². The molecule has 140 valence electrons. The fourth-order valence-corrected chi connectivity index (χ4v) is 4.66. The van der Waals surface area contributed by atoms with Crippen molar-refractivity contribution in [3.63, 3.8) is 0 Å². The maximum atomic E-state index is 12.6. The smallest absolute Gasteiger partial charge is 0.242 e. The Bertz CT molecular complexity index is 900. The second-order valence-corrected chi connectivity index (χ2v) is 8.78. The molecule has 3 rings (SSSR count). The van der Waals surface area contributed by atoms with E-state index < -0.39 is 10.0 Å². The van der Waals surface area contributed by atoms with E-state index in [4.69, 9.17) is 23.2 Å². The number of halogens is 2. The van der Waals surface area contributed by atoms with Crippen molar-refractivity contribution in [1.82, 2.24) is 14.7 Å². The Hall–Kier alpha value is -1.41. The van der Waals surface area contributed by atoms with Crippen LogP contribution in [0.4, 0.5) is 5.82 Å². The van der Waals surface area contributed by atoms with Gasteiger partial charge in [-0.2, -0.15) is 0 Å². The van der Waals surface area contributed by atoms with Gasteiger partial charge in [0.2, 0.25) is 10.0 Å². The Morgan fingerprint density at radius 2 is 1.88 bits per heavy atom. The molecule has 1 N–H and O–H groups in total. The van der Waals surface area contributed by atoms with Crippen LogP contribution in [-0.2, 0) is 16.6 Å². The third-order valence-electron chi connectivity index (χ3n) is 4.29. The number of hydrogen-bond donors (Lipinski definition) is 1. The second kappa shape index (κ2) is 8.08. The molecule has 0 bridgehead atoms. The first-order valence-corrected chi connectivity index (χ1v) is 10.6. The lowest BCUT2D eigenvalue weighted by molar-refractivity contribution is 0.569. The van der Waals surface area contributed by atoms with Crippen molar-refractivity contribution in [2.45, 2.75) is 37.6 Å². The molecular formula is C17H20Cl2N4O2S. The molecule has 0 unspecified atom stereocenters. The Morgan fingerprint density at radius 1 is 1.15 bits per heavy atom. The van der Waals surface area contributed by atoms with Crippen LogP contribution in [0.2, 0.25) is 10.0 Å². The summed E-state index contributed by atoms with van der Waals surface area (Å²) in [5, 5.41) is 0.502. The quantitative estimate of drug-likeness (QED) is 0.808. The number of aryl methyl sites for hydroxylation is 1. The first-order chi connectivity index (χ1) is 12.4. The molecular weight excluding hydrogens is 395 g/mol. The SMILES string of the molecule is Cc1cc(S(=O)(=O)NCc2nccc(N3CCCCC3)n2)c(Cl)cc1Cl. The maximum absolute atomic E-state index is 12.6. The molecule has 0 radical (unpaired) electrons. The number of rotatable bonds is 5. The van der Waals surface area contributed by atoms with Gasteiger partial charge in [-0.3, -0.25) is 0 Å². The normalized spacial score (nSPS) is 15.3. The van der Waals surface area contributed by atoms with Crippen LogP contribution in [0.15, 0.2) is 29.3 Å². The lowest BCUT2D eigenvalue weighted by atomic mass is 10.1. The van der Waals surface area contributed by atoms with Crippen LogP contribution in [0.25, 0.3) is 0 Å². The Morgan fingerprint density at radius 3 is 2.62 bits per heavy atom. The lowest BCUT2D eigenvalue weighted by Crippen LogP contribution is -2.31. The molecule has 0 aliphatic carbocycles. The predicted octanol–water partition coefficient (Wildman–Crippen LogP) is 3.56. The van der Waals surface area contributed by atoms with Gasteiger partial charge in [0.05, 0.1) is 11.6 Å². The number of hydrogen-bond acceptors (Lipinski definition) is 5. The molecule has 2 heterocycles. The molecule has 1 aliphatic rings. The van der Waals surface area contributed by atoms with E-state index in [2.05, 4.69) is 19.6 Å². The number of piperidine rings is 1. The third kappa shape index (κ3) is 4.46. The molecule has 6 nitrogen and oxygen atoms in total. The van der Waals surface area contributed by atoms with Crippen LogP contribution in [-0.4, -0.2) is 31.5 Å². The van der Waals surface area contributed by atoms with Gasteiger partial charge in [0.15, 0.2) is 0 Å². The minimum absolute atomic E-state index is 0.00625.